The van der Waals surface area contributed by atoms with E-state index in [0.29, 0.717) is 5.92 Å². The number of hydrogen-bond donors (Lipinski definition) is 0. The smallest absolute Gasteiger partial charge is 0.141 e. The Morgan fingerprint density at radius 3 is 2.50 bits per heavy atom. The molecule has 1 aromatic carbocycles. The first-order valence-electron chi connectivity index (χ1n) is 9.87. The van der Waals surface area contributed by atoms with Gasteiger partial charge in [-0.1, -0.05) is 58.4 Å². The predicted octanol–water partition coefficient (Wildman–Crippen LogP) is 6.97. The zero-order valence-corrected chi connectivity index (χ0v) is 15.4. The molecule has 1 aliphatic carbocycles. The Balaban J connectivity index is 1.75. The van der Waals surface area contributed by atoms with Gasteiger partial charge in [0.2, 0.25) is 0 Å². The highest BCUT2D eigenvalue weighted by Crippen LogP contribution is 2.38. The van der Waals surface area contributed by atoms with Crippen LogP contribution in [0.15, 0.2) is 18.2 Å². The van der Waals surface area contributed by atoms with E-state index in [-0.39, 0.29) is 11.4 Å². The van der Waals surface area contributed by atoms with Gasteiger partial charge in [0, 0.05) is 0 Å². The molecule has 0 N–H and O–H groups in total. The molecule has 132 valence electrons. The fraction of sp³-hybridized carbons (Fsp3) is 0.682. The summed E-state index contributed by atoms with van der Waals surface area (Å²) in [7, 11) is 0. The minimum absolute atomic E-state index is 0.157. The fourth-order valence-electron chi connectivity index (χ4n) is 4.32. The predicted molar refractivity (Wildman–Crippen MR) is 98.4 cm³/mol. The summed E-state index contributed by atoms with van der Waals surface area (Å²) in [6.07, 6.45) is 13.0. The van der Waals surface area contributed by atoms with E-state index in [0.717, 1.165) is 17.4 Å². The number of hydrogen-bond acceptors (Lipinski definition) is 1. The summed E-state index contributed by atoms with van der Waals surface area (Å²) in [5.41, 5.74) is 1.24. The molecule has 1 aliphatic rings. The van der Waals surface area contributed by atoms with Crippen molar-refractivity contribution in [2.75, 3.05) is 0 Å². The summed E-state index contributed by atoms with van der Waals surface area (Å²) in [4.78, 5) is 0. The van der Waals surface area contributed by atoms with Crippen molar-refractivity contribution < 1.29 is 4.39 Å². The number of benzene rings is 1. The van der Waals surface area contributed by atoms with E-state index in [1.54, 1.807) is 12.1 Å². The van der Waals surface area contributed by atoms with Crippen molar-refractivity contribution >= 4 is 0 Å². The van der Waals surface area contributed by atoms with Crippen molar-refractivity contribution in [2.45, 2.75) is 84.0 Å². The third kappa shape index (κ3) is 5.33. The van der Waals surface area contributed by atoms with Crippen LogP contribution < -0.4 is 0 Å². The van der Waals surface area contributed by atoms with Crippen LogP contribution in [-0.2, 0) is 0 Å². The second-order valence-electron chi connectivity index (χ2n) is 7.56. The number of nitrogens with zero attached hydrogens (tertiary/aromatic N) is 1. The summed E-state index contributed by atoms with van der Waals surface area (Å²) in [5, 5.41) is 8.84. The molecule has 0 aliphatic heterocycles. The van der Waals surface area contributed by atoms with E-state index in [1.165, 1.54) is 64.2 Å². The molecule has 2 heteroatoms. The zero-order chi connectivity index (χ0) is 17.4. The Labute approximate surface area is 147 Å². The van der Waals surface area contributed by atoms with Crippen molar-refractivity contribution in [2.24, 2.45) is 11.8 Å². The van der Waals surface area contributed by atoms with Crippen LogP contribution in [0.3, 0.4) is 0 Å². The lowest BCUT2D eigenvalue weighted by atomic mass is 9.76. The largest absolute Gasteiger partial charge is 0.206 e. The Bertz CT molecular complexity index is 537. The standard InChI is InChI=1S/C22H32FN/c1-3-6-17(4-2)7-5-8-18-9-11-19(12-10-18)20-13-14-21(16-24)22(23)15-20/h13-15,17-19H,3-12H2,1-2H3. The number of rotatable bonds is 8. The van der Waals surface area contributed by atoms with E-state index in [2.05, 4.69) is 13.8 Å². The van der Waals surface area contributed by atoms with Crippen LogP contribution in [0.2, 0.25) is 0 Å². The van der Waals surface area contributed by atoms with Crippen LogP contribution in [0, 0.1) is 29.0 Å². The molecule has 2 rings (SSSR count). The molecule has 1 aromatic rings. The lowest BCUT2D eigenvalue weighted by Gasteiger charge is -2.29. The van der Waals surface area contributed by atoms with Crippen molar-refractivity contribution in [1.82, 2.24) is 0 Å². The van der Waals surface area contributed by atoms with Crippen molar-refractivity contribution in [3.63, 3.8) is 0 Å². The number of nitriles is 1. The van der Waals surface area contributed by atoms with Gasteiger partial charge in [0.15, 0.2) is 0 Å². The second kappa shape index (κ2) is 9.82. The topological polar surface area (TPSA) is 23.8 Å². The first-order chi connectivity index (χ1) is 11.7. The van der Waals surface area contributed by atoms with E-state index >= 15 is 0 Å². The van der Waals surface area contributed by atoms with Gasteiger partial charge in [-0.2, -0.15) is 5.26 Å². The van der Waals surface area contributed by atoms with Gasteiger partial charge >= 0.3 is 0 Å². The summed E-state index contributed by atoms with van der Waals surface area (Å²) in [5.74, 6) is 1.90. The van der Waals surface area contributed by atoms with E-state index < -0.39 is 0 Å². The fourth-order valence-corrected chi connectivity index (χ4v) is 4.32. The summed E-state index contributed by atoms with van der Waals surface area (Å²) in [6.45, 7) is 4.61. The van der Waals surface area contributed by atoms with E-state index in [9.17, 15) is 4.39 Å². The normalized spacial score (nSPS) is 22.1. The Morgan fingerprint density at radius 2 is 1.92 bits per heavy atom. The molecule has 0 spiro atoms. The monoisotopic (exact) mass is 329 g/mol. The molecular weight excluding hydrogens is 297 g/mol. The minimum atomic E-state index is -0.362. The SMILES string of the molecule is CCCC(CC)CCCC1CCC(c2ccc(C#N)c(F)c2)CC1. The van der Waals surface area contributed by atoms with Crippen LogP contribution in [0.25, 0.3) is 0 Å². The Hall–Kier alpha value is -1.36. The maximum absolute atomic E-state index is 13.8. The maximum Gasteiger partial charge on any atom is 0.141 e. The summed E-state index contributed by atoms with van der Waals surface area (Å²) in [6, 6.07) is 7.07. The maximum atomic E-state index is 13.8. The first-order valence-corrected chi connectivity index (χ1v) is 9.87. The Morgan fingerprint density at radius 1 is 1.17 bits per heavy atom. The van der Waals surface area contributed by atoms with Gasteiger partial charge < -0.3 is 0 Å². The van der Waals surface area contributed by atoms with Gasteiger partial charge in [0.05, 0.1) is 5.56 Å². The van der Waals surface area contributed by atoms with Gasteiger partial charge in [-0.15, -0.1) is 0 Å². The molecule has 0 aromatic heterocycles. The van der Waals surface area contributed by atoms with Crippen LogP contribution in [0.1, 0.15) is 95.1 Å². The third-order valence-electron chi connectivity index (χ3n) is 5.93. The summed E-state index contributed by atoms with van der Waals surface area (Å²) >= 11 is 0. The molecule has 0 saturated heterocycles. The van der Waals surface area contributed by atoms with Gasteiger partial charge in [-0.05, 0) is 61.1 Å². The average Bonchev–Trinajstić information content (AvgIpc) is 2.61. The van der Waals surface area contributed by atoms with E-state index in [4.69, 9.17) is 5.26 Å². The molecule has 1 atom stereocenters. The lowest BCUT2D eigenvalue weighted by Crippen LogP contribution is -2.14. The molecule has 0 amide bonds. The highest BCUT2D eigenvalue weighted by atomic mass is 19.1. The highest BCUT2D eigenvalue weighted by molar-refractivity contribution is 5.34. The van der Waals surface area contributed by atoms with Crippen LogP contribution in [-0.4, -0.2) is 0 Å². The molecule has 1 unspecified atom stereocenters. The average molecular weight is 330 g/mol. The second-order valence-corrected chi connectivity index (χ2v) is 7.56. The minimum Gasteiger partial charge on any atom is -0.206 e. The molecule has 1 nitrogen and oxygen atoms in total. The molecule has 0 heterocycles. The van der Waals surface area contributed by atoms with Crippen molar-refractivity contribution in [1.29, 1.82) is 5.26 Å². The van der Waals surface area contributed by atoms with Crippen LogP contribution >= 0.6 is 0 Å². The van der Waals surface area contributed by atoms with Crippen LogP contribution in [0.4, 0.5) is 4.39 Å². The first kappa shape index (κ1) is 19.0. The lowest BCUT2D eigenvalue weighted by molar-refractivity contribution is 0.291. The molecule has 0 radical (unpaired) electrons. The zero-order valence-electron chi connectivity index (χ0n) is 15.4. The van der Waals surface area contributed by atoms with Gasteiger partial charge in [0.1, 0.15) is 11.9 Å². The molecule has 1 fully saturated rings. The highest BCUT2D eigenvalue weighted by Gasteiger charge is 2.23. The van der Waals surface area contributed by atoms with Crippen LogP contribution in [0.5, 0.6) is 0 Å². The summed E-state index contributed by atoms with van der Waals surface area (Å²) < 4.78 is 13.8. The van der Waals surface area contributed by atoms with Gasteiger partial charge in [-0.25, -0.2) is 4.39 Å². The number of halogens is 1. The molecule has 24 heavy (non-hydrogen) atoms. The quantitative estimate of drug-likeness (QED) is 0.505. The molecule has 1 saturated carbocycles. The van der Waals surface area contributed by atoms with E-state index in [1.807, 2.05) is 12.1 Å². The molecular formula is C22H32FN. The van der Waals surface area contributed by atoms with Gasteiger partial charge in [0.25, 0.3) is 0 Å². The molecule has 0 bridgehead atoms. The van der Waals surface area contributed by atoms with Crippen molar-refractivity contribution in [3.8, 4) is 6.07 Å². The third-order valence-corrected chi connectivity index (χ3v) is 5.93. The van der Waals surface area contributed by atoms with Crippen molar-refractivity contribution in [3.05, 3.63) is 35.1 Å². The Kier molecular flexibility index (Phi) is 7.76. The van der Waals surface area contributed by atoms with Gasteiger partial charge in [-0.3, -0.25) is 0 Å².